The van der Waals surface area contributed by atoms with E-state index in [-0.39, 0.29) is 0 Å². The van der Waals surface area contributed by atoms with Crippen molar-refractivity contribution in [3.8, 4) is 5.69 Å². The molecule has 4 heteroatoms. The van der Waals surface area contributed by atoms with Crippen molar-refractivity contribution < 1.29 is 0 Å². The third-order valence-electron chi connectivity index (χ3n) is 2.01. The Bertz CT molecular complexity index is 445. The van der Waals surface area contributed by atoms with E-state index in [1.807, 2.05) is 24.3 Å². The van der Waals surface area contributed by atoms with Crippen molar-refractivity contribution >= 4 is 21.6 Å². The van der Waals surface area contributed by atoms with Crippen LogP contribution < -0.4 is 5.73 Å². The van der Waals surface area contributed by atoms with Gasteiger partial charge in [-0.1, -0.05) is 17.7 Å². The summed E-state index contributed by atoms with van der Waals surface area (Å²) in [6.45, 7) is 2.05. The first kappa shape index (κ1) is 9.27. The van der Waals surface area contributed by atoms with E-state index in [1.54, 1.807) is 10.9 Å². The van der Waals surface area contributed by atoms with E-state index in [0.717, 1.165) is 10.3 Å². The number of nitrogens with two attached hydrogens (primary N) is 1. The van der Waals surface area contributed by atoms with Gasteiger partial charge in [0.2, 0.25) is 0 Å². The van der Waals surface area contributed by atoms with Crippen molar-refractivity contribution in [1.82, 2.24) is 9.78 Å². The fraction of sp³-hybridized carbons (Fsp3) is 0.100. The fourth-order valence-electron chi connectivity index (χ4n) is 1.21. The molecule has 0 amide bonds. The number of hydrogen-bond donors (Lipinski definition) is 1. The molecule has 2 rings (SSSR count). The van der Waals surface area contributed by atoms with Crippen LogP contribution in [-0.2, 0) is 0 Å². The highest BCUT2D eigenvalue weighted by atomic mass is 79.9. The monoisotopic (exact) mass is 251 g/mol. The number of aromatic nitrogens is 2. The van der Waals surface area contributed by atoms with Crippen LogP contribution in [0.1, 0.15) is 5.56 Å². The summed E-state index contributed by atoms with van der Waals surface area (Å²) in [7, 11) is 0. The fourth-order valence-corrected chi connectivity index (χ4v) is 1.61. The number of nitrogen functional groups attached to an aromatic ring is 1. The molecule has 3 nitrogen and oxygen atoms in total. The number of halogens is 1. The zero-order valence-electron chi connectivity index (χ0n) is 7.74. The van der Waals surface area contributed by atoms with E-state index in [2.05, 4.69) is 28.0 Å². The van der Waals surface area contributed by atoms with Gasteiger partial charge in [-0.25, -0.2) is 4.68 Å². The summed E-state index contributed by atoms with van der Waals surface area (Å²) < 4.78 is 2.55. The first-order valence-electron chi connectivity index (χ1n) is 4.24. The minimum absolute atomic E-state index is 0.644. The summed E-state index contributed by atoms with van der Waals surface area (Å²) in [6, 6.07) is 8.10. The van der Waals surface area contributed by atoms with E-state index in [4.69, 9.17) is 5.73 Å². The molecular weight excluding hydrogens is 242 g/mol. The van der Waals surface area contributed by atoms with Crippen molar-refractivity contribution in [2.45, 2.75) is 6.92 Å². The Balaban J connectivity index is 2.49. The molecule has 0 saturated carbocycles. The van der Waals surface area contributed by atoms with E-state index in [0.29, 0.717) is 5.69 Å². The van der Waals surface area contributed by atoms with E-state index in [9.17, 15) is 0 Å². The molecule has 0 aliphatic carbocycles. The van der Waals surface area contributed by atoms with Gasteiger partial charge in [0.05, 0.1) is 17.6 Å². The van der Waals surface area contributed by atoms with E-state index < -0.39 is 0 Å². The summed E-state index contributed by atoms with van der Waals surface area (Å²) in [6.07, 6.45) is 1.63. The van der Waals surface area contributed by atoms with Gasteiger partial charge in [0.25, 0.3) is 0 Å². The van der Waals surface area contributed by atoms with Crippen LogP contribution in [0.4, 0.5) is 5.69 Å². The SMILES string of the molecule is Cc1ccc(-n2ncc(N)c2Br)cc1. The topological polar surface area (TPSA) is 43.8 Å². The molecule has 0 fully saturated rings. The second-order valence-corrected chi connectivity index (χ2v) is 3.89. The maximum absolute atomic E-state index is 5.68. The second-order valence-electron chi connectivity index (χ2n) is 3.14. The zero-order valence-corrected chi connectivity index (χ0v) is 9.32. The van der Waals surface area contributed by atoms with Crippen LogP contribution in [0.25, 0.3) is 5.69 Å². The minimum Gasteiger partial charge on any atom is -0.395 e. The Hall–Kier alpha value is -1.29. The normalized spacial score (nSPS) is 10.4. The lowest BCUT2D eigenvalue weighted by molar-refractivity contribution is 0.861. The van der Waals surface area contributed by atoms with Gasteiger partial charge in [0.15, 0.2) is 0 Å². The maximum Gasteiger partial charge on any atom is 0.132 e. The van der Waals surface area contributed by atoms with Gasteiger partial charge in [-0.05, 0) is 35.0 Å². The first-order chi connectivity index (χ1) is 6.68. The molecule has 72 valence electrons. The van der Waals surface area contributed by atoms with Crippen LogP contribution in [0.5, 0.6) is 0 Å². The van der Waals surface area contributed by atoms with Crippen LogP contribution in [-0.4, -0.2) is 9.78 Å². The number of anilines is 1. The molecule has 14 heavy (non-hydrogen) atoms. The third-order valence-corrected chi connectivity index (χ3v) is 2.81. The Morgan fingerprint density at radius 2 is 1.93 bits per heavy atom. The average Bonchev–Trinajstić information content (AvgIpc) is 2.50. The molecule has 1 aromatic carbocycles. The van der Waals surface area contributed by atoms with Gasteiger partial charge in [-0.2, -0.15) is 5.10 Å². The number of rotatable bonds is 1. The van der Waals surface area contributed by atoms with Gasteiger partial charge in [-0.3, -0.25) is 0 Å². The largest absolute Gasteiger partial charge is 0.395 e. The van der Waals surface area contributed by atoms with E-state index >= 15 is 0 Å². The van der Waals surface area contributed by atoms with Crippen LogP contribution in [0.2, 0.25) is 0 Å². The third kappa shape index (κ3) is 1.53. The zero-order chi connectivity index (χ0) is 10.1. The lowest BCUT2D eigenvalue weighted by atomic mass is 10.2. The first-order valence-corrected chi connectivity index (χ1v) is 5.04. The predicted molar refractivity (Wildman–Crippen MR) is 60.4 cm³/mol. The Labute approximate surface area is 90.7 Å². The van der Waals surface area contributed by atoms with Gasteiger partial charge >= 0.3 is 0 Å². The molecule has 2 aromatic rings. The van der Waals surface area contributed by atoms with Crippen molar-refractivity contribution in [1.29, 1.82) is 0 Å². The van der Waals surface area contributed by atoms with Crippen LogP contribution in [0.15, 0.2) is 35.1 Å². The quantitative estimate of drug-likeness (QED) is 0.847. The van der Waals surface area contributed by atoms with Crippen LogP contribution in [0.3, 0.4) is 0 Å². The molecule has 0 bridgehead atoms. The average molecular weight is 252 g/mol. The van der Waals surface area contributed by atoms with E-state index in [1.165, 1.54) is 5.56 Å². The summed E-state index contributed by atoms with van der Waals surface area (Å²) in [5, 5.41) is 4.16. The molecule has 1 heterocycles. The van der Waals surface area contributed by atoms with Crippen molar-refractivity contribution in [2.24, 2.45) is 0 Å². The van der Waals surface area contributed by atoms with Crippen LogP contribution in [0, 0.1) is 6.92 Å². The van der Waals surface area contributed by atoms with Crippen LogP contribution >= 0.6 is 15.9 Å². The highest BCUT2D eigenvalue weighted by Crippen LogP contribution is 2.22. The van der Waals surface area contributed by atoms with Crippen molar-refractivity contribution in [3.63, 3.8) is 0 Å². The number of hydrogen-bond acceptors (Lipinski definition) is 2. The van der Waals surface area contributed by atoms with Gasteiger partial charge in [0.1, 0.15) is 4.60 Å². The molecule has 2 N–H and O–H groups in total. The highest BCUT2D eigenvalue weighted by Gasteiger charge is 2.05. The second kappa shape index (κ2) is 3.46. The molecular formula is C10H10BrN3. The Kier molecular flexibility index (Phi) is 2.29. The lowest BCUT2D eigenvalue weighted by Gasteiger charge is -2.03. The molecule has 0 atom stereocenters. The number of benzene rings is 1. The highest BCUT2D eigenvalue weighted by molar-refractivity contribution is 9.10. The van der Waals surface area contributed by atoms with Crippen molar-refractivity contribution in [2.75, 3.05) is 5.73 Å². The number of nitrogens with zero attached hydrogens (tertiary/aromatic N) is 2. The molecule has 0 spiro atoms. The smallest absolute Gasteiger partial charge is 0.132 e. The predicted octanol–water partition coefficient (Wildman–Crippen LogP) is 2.53. The molecule has 0 unspecified atom stereocenters. The lowest BCUT2D eigenvalue weighted by Crippen LogP contribution is -1.96. The Morgan fingerprint density at radius 1 is 1.29 bits per heavy atom. The van der Waals surface area contributed by atoms with Gasteiger partial charge in [-0.15, -0.1) is 0 Å². The van der Waals surface area contributed by atoms with Gasteiger partial charge < -0.3 is 5.73 Å². The summed E-state index contributed by atoms with van der Waals surface area (Å²) in [5.74, 6) is 0. The summed E-state index contributed by atoms with van der Waals surface area (Å²) in [5.41, 5.74) is 8.55. The maximum atomic E-state index is 5.68. The minimum atomic E-state index is 0.644. The Morgan fingerprint density at radius 3 is 2.43 bits per heavy atom. The molecule has 1 aromatic heterocycles. The van der Waals surface area contributed by atoms with Crippen molar-refractivity contribution in [3.05, 3.63) is 40.6 Å². The van der Waals surface area contributed by atoms with Gasteiger partial charge in [0, 0.05) is 0 Å². The molecule has 0 radical (unpaired) electrons. The molecule has 0 aliphatic heterocycles. The summed E-state index contributed by atoms with van der Waals surface area (Å²) in [4.78, 5) is 0. The number of aryl methyl sites for hydroxylation is 1. The molecule has 0 aliphatic rings. The summed E-state index contributed by atoms with van der Waals surface area (Å²) >= 11 is 3.38. The standard InChI is InChI=1S/C10H10BrN3/c1-7-2-4-8(5-3-7)14-10(11)9(12)6-13-14/h2-6H,12H2,1H3. The molecule has 0 saturated heterocycles.